The van der Waals surface area contributed by atoms with E-state index in [-0.39, 0.29) is 11.9 Å². The van der Waals surface area contributed by atoms with Gasteiger partial charge in [-0.2, -0.15) is 0 Å². The Morgan fingerprint density at radius 1 is 1.00 bits per heavy atom. The molecule has 3 aliphatic carbocycles. The van der Waals surface area contributed by atoms with Gasteiger partial charge in [0, 0.05) is 13.1 Å². The molecule has 0 bridgehead atoms. The van der Waals surface area contributed by atoms with Crippen LogP contribution in [0, 0.1) is 23.2 Å². The summed E-state index contributed by atoms with van der Waals surface area (Å²) in [6, 6.07) is -0.0534. The average Bonchev–Trinajstić information content (AvgIpc) is 3.36. The van der Waals surface area contributed by atoms with Gasteiger partial charge >= 0.3 is 12.0 Å². The summed E-state index contributed by atoms with van der Waals surface area (Å²) >= 11 is 0. The molecule has 5 nitrogen and oxygen atoms in total. The van der Waals surface area contributed by atoms with Crippen LogP contribution in [-0.4, -0.2) is 30.2 Å². The first-order chi connectivity index (χ1) is 10.1. The van der Waals surface area contributed by atoms with Crippen molar-refractivity contribution in [3.8, 4) is 0 Å². The topological polar surface area (TPSA) is 78.4 Å². The lowest BCUT2D eigenvalue weighted by molar-refractivity contribution is -0.143. The second-order valence-electron chi connectivity index (χ2n) is 7.26. The van der Waals surface area contributed by atoms with Crippen molar-refractivity contribution >= 4 is 12.0 Å². The monoisotopic (exact) mass is 294 g/mol. The maximum Gasteiger partial charge on any atom is 0.314 e. The molecule has 0 spiro atoms. The number of carbonyl (C=O) groups excluding carboxylic acids is 1. The molecule has 3 aliphatic rings. The first-order valence-electron chi connectivity index (χ1n) is 8.33. The molecule has 0 unspecified atom stereocenters. The first-order valence-corrected chi connectivity index (χ1v) is 8.33. The summed E-state index contributed by atoms with van der Waals surface area (Å²) in [6.45, 7) is 1.50. The molecule has 0 aliphatic heterocycles. The third-order valence-corrected chi connectivity index (χ3v) is 5.68. The molecule has 0 aromatic heterocycles. The molecular formula is C16H26N2O3. The number of hydrogen-bond donors (Lipinski definition) is 3. The predicted molar refractivity (Wildman–Crippen MR) is 78.9 cm³/mol. The maximum atomic E-state index is 11.9. The molecule has 3 fully saturated rings. The van der Waals surface area contributed by atoms with Crippen LogP contribution in [-0.2, 0) is 4.79 Å². The third kappa shape index (κ3) is 3.69. The van der Waals surface area contributed by atoms with Crippen LogP contribution in [0.1, 0.15) is 51.4 Å². The maximum absolute atomic E-state index is 11.9. The molecular weight excluding hydrogens is 268 g/mol. The fourth-order valence-electron chi connectivity index (χ4n) is 3.75. The van der Waals surface area contributed by atoms with E-state index in [1.54, 1.807) is 0 Å². The van der Waals surface area contributed by atoms with Crippen molar-refractivity contribution in [2.45, 2.75) is 51.4 Å². The molecule has 0 radical (unpaired) electrons. The number of amides is 2. The second-order valence-corrected chi connectivity index (χ2v) is 7.26. The van der Waals surface area contributed by atoms with Gasteiger partial charge in [0.2, 0.25) is 0 Å². The summed E-state index contributed by atoms with van der Waals surface area (Å²) in [5, 5.41) is 15.0. The summed E-state index contributed by atoms with van der Waals surface area (Å²) in [4.78, 5) is 22.8. The summed E-state index contributed by atoms with van der Waals surface area (Å²) in [6.07, 6.45) is 8.54. The third-order valence-electron chi connectivity index (χ3n) is 5.68. The van der Waals surface area contributed by atoms with Crippen LogP contribution in [0.2, 0.25) is 0 Å². The van der Waals surface area contributed by atoms with E-state index in [0.717, 1.165) is 38.1 Å². The van der Waals surface area contributed by atoms with Crippen molar-refractivity contribution in [2.24, 2.45) is 23.2 Å². The van der Waals surface area contributed by atoms with E-state index >= 15 is 0 Å². The first kappa shape index (κ1) is 14.7. The minimum atomic E-state index is -0.672. The molecule has 0 aromatic rings. The normalized spacial score (nSPS) is 30.5. The lowest BCUT2D eigenvalue weighted by Gasteiger charge is -2.26. The Labute approximate surface area is 125 Å². The smallest absolute Gasteiger partial charge is 0.314 e. The molecule has 3 saturated carbocycles. The number of carboxylic acids is 1. The molecule has 0 atom stereocenters. The fraction of sp³-hybridized carbons (Fsp3) is 0.875. The van der Waals surface area contributed by atoms with Crippen molar-refractivity contribution in [2.75, 3.05) is 13.1 Å². The van der Waals surface area contributed by atoms with Gasteiger partial charge in [0.25, 0.3) is 0 Å². The summed E-state index contributed by atoms with van der Waals surface area (Å²) in [7, 11) is 0. The lowest BCUT2D eigenvalue weighted by atomic mass is 9.82. The van der Waals surface area contributed by atoms with Gasteiger partial charge in [-0.3, -0.25) is 4.79 Å². The highest BCUT2D eigenvalue weighted by atomic mass is 16.4. The lowest BCUT2D eigenvalue weighted by Crippen LogP contribution is -2.41. The summed E-state index contributed by atoms with van der Waals surface area (Å²) < 4.78 is 0. The Kier molecular flexibility index (Phi) is 4.09. The van der Waals surface area contributed by atoms with E-state index in [4.69, 9.17) is 5.11 Å². The van der Waals surface area contributed by atoms with Crippen LogP contribution < -0.4 is 10.6 Å². The summed E-state index contributed by atoms with van der Waals surface area (Å²) in [5.74, 6) is 0.450. The van der Waals surface area contributed by atoms with Crippen LogP contribution in [0.25, 0.3) is 0 Å². The SMILES string of the molecule is O=C(NCC1CCC(C(=O)O)CC1)NCC1(C2CC2)CC1. The van der Waals surface area contributed by atoms with Crippen LogP contribution in [0.3, 0.4) is 0 Å². The Bertz CT molecular complexity index is 408. The minimum absolute atomic E-state index is 0.0534. The second kappa shape index (κ2) is 5.85. The number of carbonyl (C=O) groups is 2. The van der Waals surface area contributed by atoms with Crippen LogP contribution in [0.5, 0.6) is 0 Å². The van der Waals surface area contributed by atoms with Crippen LogP contribution >= 0.6 is 0 Å². The van der Waals surface area contributed by atoms with Gasteiger partial charge in [-0.15, -0.1) is 0 Å². The molecule has 21 heavy (non-hydrogen) atoms. The van der Waals surface area contributed by atoms with Crippen LogP contribution in [0.4, 0.5) is 4.79 Å². The van der Waals surface area contributed by atoms with Gasteiger partial charge in [0.15, 0.2) is 0 Å². The molecule has 0 heterocycles. The van der Waals surface area contributed by atoms with Crippen molar-refractivity contribution in [1.82, 2.24) is 10.6 Å². The Balaban J connectivity index is 1.30. The van der Waals surface area contributed by atoms with Crippen molar-refractivity contribution < 1.29 is 14.7 Å². The fourth-order valence-corrected chi connectivity index (χ4v) is 3.75. The van der Waals surface area contributed by atoms with Crippen LogP contribution in [0.15, 0.2) is 0 Å². The van der Waals surface area contributed by atoms with Gasteiger partial charge in [0.05, 0.1) is 5.92 Å². The molecule has 2 amide bonds. The van der Waals surface area contributed by atoms with E-state index in [1.807, 2.05) is 0 Å². The minimum Gasteiger partial charge on any atom is -0.481 e. The Hall–Kier alpha value is -1.26. The molecule has 118 valence electrons. The molecule has 0 saturated heterocycles. The molecule has 3 rings (SSSR count). The zero-order chi connectivity index (χ0) is 14.9. The highest BCUT2D eigenvalue weighted by Gasteiger charge is 2.53. The van der Waals surface area contributed by atoms with E-state index in [1.165, 1.54) is 25.7 Å². The number of urea groups is 1. The highest BCUT2D eigenvalue weighted by Crippen LogP contribution is 2.60. The largest absolute Gasteiger partial charge is 0.481 e. The Morgan fingerprint density at radius 2 is 1.67 bits per heavy atom. The van der Waals surface area contributed by atoms with E-state index < -0.39 is 5.97 Å². The summed E-state index contributed by atoms with van der Waals surface area (Å²) in [5.41, 5.74) is 0.441. The van der Waals surface area contributed by atoms with Gasteiger partial charge < -0.3 is 15.7 Å². The average molecular weight is 294 g/mol. The predicted octanol–water partition coefficient (Wildman–Crippen LogP) is 2.37. The van der Waals surface area contributed by atoms with E-state index in [0.29, 0.717) is 17.9 Å². The van der Waals surface area contributed by atoms with Crippen molar-refractivity contribution in [3.05, 3.63) is 0 Å². The highest BCUT2D eigenvalue weighted by molar-refractivity contribution is 5.74. The number of aliphatic carboxylic acids is 1. The van der Waals surface area contributed by atoms with E-state index in [2.05, 4.69) is 10.6 Å². The zero-order valence-corrected chi connectivity index (χ0v) is 12.6. The number of carboxylic acid groups (broad SMARTS) is 1. The molecule has 0 aromatic carbocycles. The van der Waals surface area contributed by atoms with E-state index in [9.17, 15) is 9.59 Å². The van der Waals surface area contributed by atoms with Crippen molar-refractivity contribution in [1.29, 1.82) is 0 Å². The number of nitrogens with one attached hydrogen (secondary N) is 2. The van der Waals surface area contributed by atoms with Gasteiger partial charge in [-0.05, 0) is 68.6 Å². The standard InChI is InChI=1S/C16H26N2O3/c19-14(20)12-3-1-11(2-4-12)9-17-15(21)18-10-16(7-8-16)13-5-6-13/h11-13H,1-10H2,(H,19,20)(H2,17,18,21). The van der Waals surface area contributed by atoms with Gasteiger partial charge in [0.1, 0.15) is 0 Å². The molecule has 5 heteroatoms. The zero-order valence-electron chi connectivity index (χ0n) is 12.6. The van der Waals surface area contributed by atoms with Gasteiger partial charge in [-0.1, -0.05) is 0 Å². The molecule has 3 N–H and O–H groups in total. The van der Waals surface area contributed by atoms with Crippen molar-refractivity contribution in [3.63, 3.8) is 0 Å². The Morgan fingerprint density at radius 3 is 2.19 bits per heavy atom. The van der Waals surface area contributed by atoms with Gasteiger partial charge in [-0.25, -0.2) is 4.79 Å². The number of hydrogen-bond acceptors (Lipinski definition) is 2. The quantitative estimate of drug-likeness (QED) is 0.703. The number of rotatable bonds is 6.